The van der Waals surface area contributed by atoms with Gasteiger partial charge in [0, 0.05) is 18.8 Å². The summed E-state index contributed by atoms with van der Waals surface area (Å²) in [6, 6.07) is 16.4. The van der Waals surface area contributed by atoms with Crippen LogP contribution in [-0.2, 0) is 16.0 Å². The van der Waals surface area contributed by atoms with E-state index in [1.165, 1.54) is 5.56 Å². The molecule has 1 aliphatic heterocycles. The van der Waals surface area contributed by atoms with Crippen LogP contribution in [0.4, 0.5) is 5.69 Å². The molecule has 2 aromatic carbocycles. The average Bonchev–Trinajstić information content (AvgIpc) is 2.63. The van der Waals surface area contributed by atoms with E-state index >= 15 is 0 Å². The molecule has 0 saturated carbocycles. The van der Waals surface area contributed by atoms with E-state index in [1.807, 2.05) is 37.3 Å². The number of aryl methyl sites for hydroxylation is 2. The number of nitrogens with one attached hydrogen (secondary N) is 1. The molecule has 0 bridgehead atoms. The normalized spacial score (nSPS) is 20.7. The number of anilines is 1. The molecule has 1 amide bonds. The average molecular weight is 352 g/mol. The zero-order valence-corrected chi connectivity index (χ0v) is 15.9. The number of benzene rings is 2. The Balaban J connectivity index is 1.65. The number of carbonyl (C=O) groups is 1. The van der Waals surface area contributed by atoms with Gasteiger partial charge in [-0.3, -0.25) is 9.69 Å². The highest BCUT2D eigenvalue weighted by Gasteiger charge is 2.27. The van der Waals surface area contributed by atoms with Crippen LogP contribution in [0.15, 0.2) is 48.5 Å². The number of ether oxygens (including phenoxy) is 1. The van der Waals surface area contributed by atoms with Crippen molar-refractivity contribution in [3.8, 4) is 0 Å². The fourth-order valence-corrected chi connectivity index (χ4v) is 3.60. The van der Waals surface area contributed by atoms with Crippen LogP contribution in [0.2, 0.25) is 0 Å². The molecule has 1 N–H and O–H groups in total. The molecular weight excluding hydrogens is 324 g/mol. The monoisotopic (exact) mass is 352 g/mol. The van der Waals surface area contributed by atoms with Gasteiger partial charge < -0.3 is 10.1 Å². The van der Waals surface area contributed by atoms with Gasteiger partial charge in [-0.05, 0) is 37.0 Å². The van der Waals surface area contributed by atoms with Crippen molar-refractivity contribution in [2.75, 3.05) is 25.0 Å². The van der Waals surface area contributed by atoms with Gasteiger partial charge in [-0.1, -0.05) is 55.5 Å². The van der Waals surface area contributed by atoms with Crippen molar-refractivity contribution in [1.82, 2.24) is 4.90 Å². The van der Waals surface area contributed by atoms with Crippen molar-refractivity contribution in [2.24, 2.45) is 0 Å². The van der Waals surface area contributed by atoms with Gasteiger partial charge in [-0.2, -0.15) is 0 Å². The van der Waals surface area contributed by atoms with Gasteiger partial charge in [0.25, 0.3) is 0 Å². The minimum atomic E-state index is 0.0115. The van der Waals surface area contributed by atoms with Crippen molar-refractivity contribution in [2.45, 2.75) is 39.4 Å². The van der Waals surface area contributed by atoms with E-state index in [4.69, 9.17) is 4.74 Å². The predicted molar refractivity (Wildman–Crippen MR) is 105 cm³/mol. The summed E-state index contributed by atoms with van der Waals surface area (Å²) < 4.78 is 6.08. The van der Waals surface area contributed by atoms with Gasteiger partial charge in [-0.15, -0.1) is 0 Å². The standard InChI is InChI=1S/C22H28N2O2/c1-4-18-12-8-9-16(2)22(18)23-21(25)15-24-13-17(3)26-20(14-24)19-10-6-5-7-11-19/h5-12,17,20H,4,13-15H2,1-3H3,(H,23,25). The van der Waals surface area contributed by atoms with E-state index in [1.54, 1.807) is 0 Å². The number of carbonyl (C=O) groups excluding carboxylic acids is 1. The quantitative estimate of drug-likeness (QED) is 0.886. The lowest BCUT2D eigenvalue weighted by atomic mass is 10.1. The SMILES string of the molecule is CCc1cccc(C)c1NC(=O)CN1CC(C)OC(c2ccccc2)C1. The van der Waals surface area contributed by atoms with Crippen molar-refractivity contribution in [3.05, 3.63) is 65.2 Å². The number of hydrogen-bond donors (Lipinski definition) is 1. The Bertz CT molecular complexity index is 745. The number of hydrogen-bond acceptors (Lipinski definition) is 3. The Morgan fingerprint density at radius 3 is 2.65 bits per heavy atom. The molecule has 1 fully saturated rings. The van der Waals surface area contributed by atoms with Crippen LogP contribution in [0.5, 0.6) is 0 Å². The van der Waals surface area contributed by atoms with Crippen LogP contribution in [0.1, 0.15) is 36.6 Å². The summed E-state index contributed by atoms with van der Waals surface area (Å²) in [7, 11) is 0. The molecular formula is C22H28N2O2. The predicted octanol–water partition coefficient (Wildman–Crippen LogP) is 3.96. The van der Waals surface area contributed by atoms with E-state index in [2.05, 4.69) is 42.3 Å². The summed E-state index contributed by atoms with van der Waals surface area (Å²) in [5.74, 6) is 0.0370. The molecule has 1 aliphatic rings. The van der Waals surface area contributed by atoms with Gasteiger partial charge >= 0.3 is 0 Å². The third-order valence-electron chi connectivity index (χ3n) is 4.88. The minimum Gasteiger partial charge on any atom is -0.368 e. The highest BCUT2D eigenvalue weighted by molar-refractivity contribution is 5.93. The third kappa shape index (κ3) is 4.51. The van der Waals surface area contributed by atoms with Crippen molar-refractivity contribution < 1.29 is 9.53 Å². The van der Waals surface area contributed by atoms with E-state index < -0.39 is 0 Å². The van der Waals surface area contributed by atoms with E-state index in [0.717, 1.165) is 36.3 Å². The Morgan fingerprint density at radius 2 is 1.92 bits per heavy atom. The van der Waals surface area contributed by atoms with Crippen LogP contribution >= 0.6 is 0 Å². The number of amides is 1. The van der Waals surface area contributed by atoms with Crippen LogP contribution in [-0.4, -0.2) is 36.5 Å². The van der Waals surface area contributed by atoms with Crippen LogP contribution in [0, 0.1) is 6.92 Å². The topological polar surface area (TPSA) is 41.6 Å². The molecule has 2 atom stereocenters. The Kier molecular flexibility index (Phi) is 6.07. The maximum absolute atomic E-state index is 12.7. The van der Waals surface area contributed by atoms with Crippen LogP contribution in [0.3, 0.4) is 0 Å². The second-order valence-electron chi connectivity index (χ2n) is 7.05. The van der Waals surface area contributed by atoms with Gasteiger partial charge in [0.1, 0.15) is 0 Å². The fourth-order valence-electron chi connectivity index (χ4n) is 3.60. The smallest absolute Gasteiger partial charge is 0.238 e. The van der Waals surface area contributed by atoms with Gasteiger partial charge in [0.05, 0.1) is 18.8 Å². The van der Waals surface area contributed by atoms with Crippen LogP contribution < -0.4 is 5.32 Å². The molecule has 1 saturated heterocycles. The fraction of sp³-hybridized carbons (Fsp3) is 0.409. The first kappa shape index (κ1) is 18.6. The number of nitrogens with zero attached hydrogens (tertiary/aromatic N) is 1. The second-order valence-corrected chi connectivity index (χ2v) is 7.05. The number of rotatable bonds is 5. The lowest BCUT2D eigenvalue weighted by molar-refractivity contribution is -0.122. The van der Waals surface area contributed by atoms with Crippen molar-refractivity contribution in [3.63, 3.8) is 0 Å². The summed E-state index contributed by atoms with van der Waals surface area (Å²) in [6.45, 7) is 8.10. The zero-order valence-electron chi connectivity index (χ0n) is 15.9. The molecule has 0 spiro atoms. The summed E-state index contributed by atoms with van der Waals surface area (Å²) in [5, 5.41) is 3.13. The molecule has 0 aromatic heterocycles. The van der Waals surface area contributed by atoms with Crippen molar-refractivity contribution >= 4 is 11.6 Å². The lowest BCUT2D eigenvalue weighted by Crippen LogP contribution is -2.46. The van der Waals surface area contributed by atoms with Gasteiger partial charge in [0.15, 0.2) is 0 Å². The molecule has 2 unspecified atom stereocenters. The second kappa shape index (κ2) is 8.47. The molecule has 4 nitrogen and oxygen atoms in total. The van der Waals surface area contributed by atoms with E-state index in [0.29, 0.717) is 6.54 Å². The van der Waals surface area contributed by atoms with E-state index in [-0.39, 0.29) is 18.1 Å². The van der Waals surface area contributed by atoms with Crippen LogP contribution in [0.25, 0.3) is 0 Å². The maximum atomic E-state index is 12.7. The molecule has 2 aromatic rings. The first-order chi connectivity index (χ1) is 12.6. The molecule has 4 heteroatoms. The molecule has 0 radical (unpaired) electrons. The summed E-state index contributed by atoms with van der Waals surface area (Å²) in [5.41, 5.74) is 4.41. The highest BCUT2D eigenvalue weighted by Crippen LogP contribution is 2.25. The first-order valence-electron chi connectivity index (χ1n) is 9.38. The Morgan fingerprint density at radius 1 is 1.15 bits per heavy atom. The molecule has 138 valence electrons. The maximum Gasteiger partial charge on any atom is 0.238 e. The molecule has 0 aliphatic carbocycles. The molecule has 3 rings (SSSR count). The third-order valence-corrected chi connectivity index (χ3v) is 4.88. The molecule has 26 heavy (non-hydrogen) atoms. The summed E-state index contributed by atoms with van der Waals surface area (Å²) in [6.07, 6.45) is 1.02. The minimum absolute atomic E-state index is 0.0115. The Labute approximate surface area is 156 Å². The summed E-state index contributed by atoms with van der Waals surface area (Å²) >= 11 is 0. The van der Waals surface area contributed by atoms with E-state index in [9.17, 15) is 4.79 Å². The number of para-hydroxylation sites is 1. The first-order valence-corrected chi connectivity index (χ1v) is 9.38. The number of morpholine rings is 1. The van der Waals surface area contributed by atoms with Crippen molar-refractivity contribution in [1.29, 1.82) is 0 Å². The summed E-state index contributed by atoms with van der Waals surface area (Å²) in [4.78, 5) is 14.8. The van der Waals surface area contributed by atoms with Gasteiger partial charge in [-0.25, -0.2) is 0 Å². The zero-order chi connectivity index (χ0) is 18.5. The Hall–Kier alpha value is -2.17. The van der Waals surface area contributed by atoms with Gasteiger partial charge in [0.2, 0.25) is 5.91 Å². The molecule has 1 heterocycles. The highest BCUT2D eigenvalue weighted by atomic mass is 16.5. The largest absolute Gasteiger partial charge is 0.368 e. The lowest BCUT2D eigenvalue weighted by Gasteiger charge is -2.36.